The Kier molecular flexibility index (Phi) is 3.66. The Balaban J connectivity index is 2.19. The lowest BCUT2D eigenvalue weighted by Gasteiger charge is -2.05. The lowest BCUT2D eigenvalue weighted by atomic mass is 10.1. The Hall–Kier alpha value is -2.56. The largest absolute Gasteiger partial charge is 0.288 e. The zero-order chi connectivity index (χ0) is 13.8. The van der Waals surface area contributed by atoms with Gasteiger partial charge >= 0.3 is 0 Å². The highest BCUT2D eigenvalue weighted by molar-refractivity contribution is 6.10. The fraction of sp³-hybridized carbons (Fsp3) is 0. The van der Waals surface area contributed by atoms with E-state index in [9.17, 15) is 18.4 Å². The summed E-state index contributed by atoms with van der Waals surface area (Å²) in [5.74, 6) is -3.32. The Morgan fingerprint density at radius 3 is 1.47 bits per heavy atom. The van der Waals surface area contributed by atoms with Crippen molar-refractivity contribution in [1.82, 2.24) is 5.32 Å². The number of amides is 2. The van der Waals surface area contributed by atoms with Crippen LogP contribution < -0.4 is 5.32 Å². The van der Waals surface area contributed by atoms with E-state index in [2.05, 4.69) is 0 Å². The van der Waals surface area contributed by atoms with Crippen LogP contribution in [0.25, 0.3) is 0 Å². The Labute approximate surface area is 107 Å². The maximum Gasteiger partial charge on any atom is 0.261 e. The molecule has 2 rings (SSSR count). The van der Waals surface area contributed by atoms with E-state index in [1.807, 2.05) is 5.32 Å². The van der Waals surface area contributed by atoms with Crippen molar-refractivity contribution in [3.05, 3.63) is 71.3 Å². The molecular weight excluding hydrogens is 252 g/mol. The van der Waals surface area contributed by atoms with Gasteiger partial charge in [0.15, 0.2) is 0 Å². The fourth-order valence-corrected chi connectivity index (χ4v) is 1.53. The summed E-state index contributed by atoms with van der Waals surface area (Å²) in [4.78, 5) is 23.3. The molecule has 0 aliphatic carbocycles. The first-order valence-electron chi connectivity index (χ1n) is 5.44. The number of rotatable bonds is 2. The zero-order valence-corrected chi connectivity index (χ0v) is 9.69. The lowest BCUT2D eigenvalue weighted by Crippen LogP contribution is -2.31. The first-order valence-corrected chi connectivity index (χ1v) is 5.44. The number of nitrogens with one attached hydrogen (secondary N) is 1. The number of hydrogen-bond donors (Lipinski definition) is 1. The third-order valence-corrected chi connectivity index (χ3v) is 2.46. The van der Waals surface area contributed by atoms with E-state index in [0.29, 0.717) is 0 Å². The smallest absolute Gasteiger partial charge is 0.261 e. The van der Waals surface area contributed by atoms with E-state index in [0.717, 1.165) is 12.1 Å². The second-order valence-corrected chi connectivity index (χ2v) is 3.74. The van der Waals surface area contributed by atoms with Crippen molar-refractivity contribution in [1.29, 1.82) is 0 Å². The third kappa shape index (κ3) is 2.82. The van der Waals surface area contributed by atoms with Gasteiger partial charge in [-0.25, -0.2) is 8.78 Å². The van der Waals surface area contributed by atoms with Crippen LogP contribution in [0.4, 0.5) is 8.78 Å². The van der Waals surface area contributed by atoms with Gasteiger partial charge < -0.3 is 0 Å². The van der Waals surface area contributed by atoms with Gasteiger partial charge in [0.05, 0.1) is 11.1 Å². The summed E-state index contributed by atoms with van der Waals surface area (Å²) in [6, 6.07) is 10.4. The normalized spacial score (nSPS) is 10.0. The third-order valence-electron chi connectivity index (χ3n) is 2.46. The lowest BCUT2D eigenvalue weighted by molar-refractivity contribution is 0.0845. The van der Waals surface area contributed by atoms with Crippen LogP contribution in [0.15, 0.2) is 48.5 Å². The molecule has 0 spiro atoms. The van der Waals surface area contributed by atoms with Crippen molar-refractivity contribution in [3.63, 3.8) is 0 Å². The van der Waals surface area contributed by atoms with Crippen LogP contribution in [0.2, 0.25) is 0 Å². The van der Waals surface area contributed by atoms with Gasteiger partial charge in [0.25, 0.3) is 11.8 Å². The minimum atomic E-state index is -0.911. The number of carbonyl (C=O) groups is 2. The topological polar surface area (TPSA) is 46.2 Å². The molecule has 2 aromatic rings. The monoisotopic (exact) mass is 261 g/mol. The summed E-state index contributed by atoms with van der Waals surface area (Å²) >= 11 is 0. The number of hydrogen-bond acceptors (Lipinski definition) is 2. The standard InChI is InChI=1S/C14H9F2NO2/c15-11-7-3-1-5-9(11)13(18)17-14(19)10-6-2-4-8-12(10)16/h1-8H,(H,17,18,19). The maximum atomic E-state index is 13.3. The average Bonchev–Trinajstić information content (AvgIpc) is 2.39. The molecule has 96 valence electrons. The molecule has 2 amide bonds. The van der Waals surface area contributed by atoms with Gasteiger partial charge in [0.2, 0.25) is 0 Å². The summed E-state index contributed by atoms with van der Waals surface area (Å²) in [7, 11) is 0. The molecule has 19 heavy (non-hydrogen) atoms. The van der Waals surface area contributed by atoms with E-state index in [1.165, 1.54) is 36.4 Å². The SMILES string of the molecule is O=C(NC(=O)c1ccccc1F)c1ccccc1F. The molecule has 0 bridgehead atoms. The van der Waals surface area contributed by atoms with Gasteiger partial charge in [-0.15, -0.1) is 0 Å². The van der Waals surface area contributed by atoms with E-state index in [-0.39, 0.29) is 11.1 Å². The molecule has 0 fully saturated rings. The molecule has 0 saturated heterocycles. The Morgan fingerprint density at radius 2 is 1.11 bits per heavy atom. The van der Waals surface area contributed by atoms with E-state index in [1.54, 1.807) is 0 Å². The molecule has 0 atom stereocenters. The van der Waals surface area contributed by atoms with Crippen LogP contribution in [0.1, 0.15) is 20.7 Å². The van der Waals surface area contributed by atoms with Crippen LogP contribution in [0.3, 0.4) is 0 Å². The molecule has 0 aliphatic heterocycles. The van der Waals surface area contributed by atoms with E-state index in [4.69, 9.17) is 0 Å². The highest BCUT2D eigenvalue weighted by Gasteiger charge is 2.17. The molecule has 0 heterocycles. The maximum absolute atomic E-state index is 13.3. The Morgan fingerprint density at radius 1 is 0.737 bits per heavy atom. The Bertz CT molecular complexity index is 585. The van der Waals surface area contributed by atoms with Gasteiger partial charge in [-0.05, 0) is 24.3 Å². The highest BCUT2D eigenvalue weighted by atomic mass is 19.1. The summed E-state index contributed by atoms with van der Waals surface area (Å²) in [5, 5.41) is 1.94. The quantitative estimate of drug-likeness (QED) is 0.844. The van der Waals surface area contributed by atoms with Crippen LogP contribution in [-0.4, -0.2) is 11.8 Å². The average molecular weight is 261 g/mol. The van der Waals surface area contributed by atoms with Crippen molar-refractivity contribution >= 4 is 11.8 Å². The van der Waals surface area contributed by atoms with Gasteiger partial charge in [-0.1, -0.05) is 24.3 Å². The first kappa shape index (κ1) is 12.9. The van der Waals surface area contributed by atoms with Gasteiger partial charge in [-0.3, -0.25) is 14.9 Å². The van der Waals surface area contributed by atoms with E-state index < -0.39 is 23.4 Å². The van der Waals surface area contributed by atoms with Crippen LogP contribution in [0.5, 0.6) is 0 Å². The molecule has 0 aromatic heterocycles. The molecule has 0 saturated carbocycles. The number of halogens is 2. The van der Waals surface area contributed by atoms with E-state index >= 15 is 0 Å². The fourth-order valence-electron chi connectivity index (χ4n) is 1.53. The second-order valence-electron chi connectivity index (χ2n) is 3.74. The van der Waals surface area contributed by atoms with Crippen molar-refractivity contribution in [2.45, 2.75) is 0 Å². The van der Waals surface area contributed by atoms with Crippen molar-refractivity contribution in [2.24, 2.45) is 0 Å². The first-order chi connectivity index (χ1) is 9.09. The predicted molar refractivity (Wildman–Crippen MR) is 64.6 cm³/mol. The minimum Gasteiger partial charge on any atom is -0.288 e. The second kappa shape index (κ2) is 5.39. The molecule has 2 aromatic carbocycles. The molecule has 0 aliphatic rings. The van der Waals surface area contributed by atoms with Crippen LogP contribution in [-0.2, 0) is 0 Å². The van der Waals surface area contributed by atoms with Crippen molar-refractivity contribution < 1.29 is 18.4 Å². The summed E-state index contributed by atoms with van der Waals surface area (Å²) in [6.07, 6.45) is 0. The number of carbonyl (C=O) groups excluding carboxylic acids is 2. The van der Waals surface area contributed by atoms with Gasteiger partial charge in [0.1, 0.15) is 11.6 Å². The number of imide groups is 1. The van der Waals surface area contributed by atoms with Gasteiger partial charge in [0, 0.05) is 0 Å². The molecule has 5 heteroatoms. The predicted octanol–water partition coefficient (Wildman–Crippen LogP) is 2.54. The van der Waals surface area contributed by atoms with Gasteiger partial charge in [-0.2, -0.15) is 0 Å². The highest BCUT2D eigenvalue weighted by Crippen LogP contribution is 2.08. The van der Waals surface area contributed by atoms with Crippen molar-refractivity contribution in [3.8, 4) is 0 Å². The summed E-state index contributed by atoms with van der Waals surface area (Å²) in [6.45, 7) is 0. The summed E-state index contributed by atoms with van der Waals surface area (Å²) < 4.78 is 26.7. The number of benzene rings is 2. The van der Waals surface area contributed by atoms with Crippen molar-refractivity contribution in [2.75, 3.05) is 0 Å². The zero-order valence-electron chi connectivity index (χ0n) is 9.69. The molecule has 1 N–H and O–H groups in total. The molecule has 0 unspecified atom stereocenters. The molecular formula is C14H9F2NO2. The molecule has 0 radical (unpaired) electrons. The van der Waals surface area contributed by atoms with Crippen LogP contribution in [0, 0.1) is 11.6 Å². The summed E-state index contributed by atoms with van der Waals surface area (Å²) in [5.41, 5.74) is -0.542. The minimum absolute atomic E-state index is 0.271. The molecule has 3 nitrogen and oxygen atoms in total. The van der Waals surface area contributed by atoms with Crippen LogP contribution >= 0.6 is 0 Å².